The highest BCUT2D eigenvalue weighted by Gasteiger charge is 2.17. The normalized spacial score (nSPS) is 18.4. The van der Waals surface area contributed by atoms with Crippen LogP contribution in [0.25, 0.3) is 0 Å². The van der Waals surface area contributed by atoms with Gasteiger partial charge < -0.3 is 0 Å². The van der Waals surface area contributed by atoms with E-state index in [4.69, 9.17) is 0 Å². The van der Waals surface area contributed by atoms with Crippen LogP contribution in [0.5, 0.6) is 0 Å². The van der Waals surface area contributed by atoms with E-state index in [0.29, 0.717) is 0 Å². The van der Waals surface area contributed by atoms with Crippen LogP contribution in [0.3, 0.4) is 0 Å². The molecule has 0 N–H and O–H groups in total. The molecule has 0 saturated heterocycles. The van der Waals surface area contributed by atoms with Gasteiger partial charge in [0.25, 0.3) is 0 Å². The predicted molar refractivity (Wildman–Crippen MR) is 241 cm³/mol. The molecule has 0 rings (SSSR count). The van der Waals surface area contributed by atoms with Gasteiger partial charge in [-0.15, -0.1) is 0 Å². The van der Waals surface area contributed by atoms with Gasteiger partial charge in [0.2, 0.25) is 0 Å². The Hall–Kier alpha value is 0. The van der Waals surface area contributed by atoms with Crippen molar-refractivity contribution in [1.82, 2.24) is 0 Å². The standard InChI is InChI=1S/3C17H36/c2*1-8-14(4)12-17(7)16(6)10-9-15(5)11-13(2)3;1-7-15(4)13-17(6)11-9-8-10-16(5)12-14(2)3/h2*13-17H,8-12H2,1-7H3;14-17H,7-13H2,1-6H3. The predicted octanol–water partition coefficient (Wildman–Crippen LogP) is 18.6. The monoisotopic (exact) mass is 721 g/mol. The van der Waals surface area contributed by atoms with E-state index in [0.717, 1.165) is 82.9 Å². The highest BCUT2D eigenvalue weighted by Crippen LogP contribution is 2.29. The molecule has 0 aromatic heterocycles. The molecule has 0 nitrogen and oxygen atoms in total. The fraction of sp³-hybridized carbons (Fsp3) is 1.00. The average molecular weight is 721 g/mol. The summed E-state index contributed by atoms with van der Waals surface area (Å²) in [6, 6.07) is 0. The molecule has 0 radical (unpaired) electrons. The quantitative estimate of drug-likeness (QED) is 0.0706. The lowest BCUT2D eigenvalue weighted by Crippen LogP contribution is -2.13. The molecule has 0 fully saturated rings. The first-order valence-corrected chi connectivity index (χ1v) is 23.7. The summed E-state index contributed by atoms with van der Waals surface area (Å²) >= 11 is 0. The molecule has 0 spiro atoms. The molecule has 0 amide bonds. The van der Waals surface area contributed by atoms with Crippen molar-refractivity contribution >= 4 is 0 Å². The minimum Gasteiger partial charge on any atom is -0.0651 e. The average Bonchev–Trinajstić information content (AvgIpc) is 3.03. The molecule has 0 aliphatic carbocycles. The third kappa shape index (κ3) is 38.1. The Morgan fingerprint density at radius 1 is 0.235 bits per heavy atom. The van der Waals surface area contributed by atoms with Gasteiger partial charge in [0.05, 0.1) is 0 Å². The molecule has 0 aliphatic rings. The molecule has 0 aliphatic heterocycles. The molecule has 312 valence electrons. The summed E-state index contributed by atoms with van der Waals surface area (Å²) in [5.74, 6) is 12.6. The fourth-order valence-corrected chi connectivity index (χ4v) is 8.46. The smallest absolute Gasteiger partial charge is 0.0414 e. The van der Waals surface area contributed by atoms with Crippen molar-refractivity contribution in [3.8, 4) is 0 Å². The van der Waals surface area contributed by atoms with Gasteiger partial charge in [0.15, 0.2) is 0 Å². The minimum absolute atomic E-state index is 0.859. The van der Waals surface area contributed by atoms with Crippen LogP contribution in [0.1, 0.15) is 248 Å². The molecule has 0 aromatic rings. The van der Waals surface area contributed by atoms with Crippen molar-refractivity contribution in [2.75, 3.05) is 0 Å². The summed E-state index contributed by atoms with van der Waals surface area (Å²) in [5.41, 5.74) is 0. The molecule has 11 atom stereocenters. The van der Waals surface area contributed by atoms with Crippen molar-refractivity contribution in [1.29, 1.82) is 0 Å². The molecule has 51 heavy (non-hydrogen) atoms. The molecular weight excluding hydrogens is 613 g/mol. The lowest BCUT2D eigenvalue weighted by molar-refractivity contribution is 0.272. The Balaban J connectivity index is -0.000000678. The van der Waals surface area contributed by atoms with E-state index in [9.17, 15) is 0 Å². The first-order chi connectivity index (χ1) is 23.7. The van der Waals surface area contributed by atoms with Crippen molar-refractivity contribution in [3.63, 3.8) is 0 Å². The second-order valence-electron chi connectivity index (χ2n) is 20.9. The van der Waals surface area contributed by atoms with Gasteiger partial charge in [0, 0.05) is 0 Å². The lowest BCUT2D eigenvalue weighted by Gasteiger charge is -2.24. The number of hydrogen-bond donors (Lipinski definition) is 0. The fourth-order valence-electron chi connectivity index (χ4n) is 8.46. The molecule has 0 saturated carbocycles. The molecule has 11 unspecified atom stereocenters. The zero-order chi connectivity index (χ0) is 40.1. The summed E-state index contributed by atoms with van der Waals surface area (Å²) < 4.78 is 0. The SMILES string of the molecule is CCC(C)CC(C)C(C)CCC(C)CC(C)C.CCC(C)CC(C)C(C)CCC(C)CC(C)C.CCC(C)CC(C)CCCCC(C)CC(C)C. The Kier molecular flexibility index (Phi) is 37.4. The summed E-state index contributed by atoms with van der Waals surface area (Å²) in [4.78, 5) is 0. The highest BCUT2D eigenvalue weighted by molar-refractivity contribution is 4.69. The summed E-state index contributed by atoms with van der Waals surface area (Å²) in [6.45, 7) is 47.6. The van der Waals surface area contributed by atoms with E-state index in [1.165, 1.54) is 109 Å². The second kappa shape index (κ2) is 34.5. The van der Waals surface area contributed by atoms with Crippen molar-refractivity contribution < 1.29 is 0 Å². The molecular formula is C51H108. The topological polar surface area (TPSA) is 0 Å². The number of unbranched alkanes of at least 4 members (excludes halogenated alkanes) is 1. The number of rotatable bonds is 28. The third-order valence-corrected chi connectivity index (χ3v) is 12.9. The highest BCUT2D eigenvalue weighted by atomic mass is 14.2. The van der Waals surface area contributed by atoms with Gasteiger partial charge in [-0.3, -0.25) is 0 Å². The summed E-state index contributed by atoms with van der Waals surface area (Å²) in [5, 5.41) is 0. The van der Waals surface area contributed by atoms with Gasteiger partial charge in [0.1, 0.15) is 0 Å². The van der Waals surface area contributed by atoms with Gasteiger partial charge >= 0.3 is 0 Å². The van der Waals surface area contributed by atoms with E-state index in [1.807, 2.05) is 0 Å². The van der Waals surface area contributed by atoms with Crippen LogP contribution in [0.2, 0.25) is 0 Å². The summed E-state index contributed by atoms with van der Waals surface area (Å²) in [7, 11) is 0. The van der Waals surface area contributed by atoms with E-state index < -0.39 is 0 Å². The second-order valence-corrected chi connectivity index (χ2v) is 20.9. The Bertz CT molecular complexity index is 648. The van der Waals surface area contributed by atoms with Crippen molar-refractivity contribution in [2.45, 2.75) is 248 Å². The first kappa shape index (κ1) is 55.3. The lowest BCUT2D eigenvalue weighted by atomic mass is 9.82. The summed E-state index contributed by atoms with van der Waals surface area (Å²) in [6.07, 6.45) is 23.9. The molecule has 0 heterocycles. The maximum atomic E-state index is 2.45. The zero-order valence-electron chi connectivity index (χ0n) is 40.1. The van der Waals surface area contributed by atoms with Gasteiger partial charge in [-0.25, -0.2) is 0 Å². The van der Waals surface area contributed by atoms with Crippen LogP contribution >= 0.6 is 0 Å². The third-order valence-electron chi connectivity index (χ3n) is 12.9. The van der Waals surface area contributed by atoms with Gasteiger partial charge in [-0.1, -0.05) is 209 Å². The Morgan fingerprint density at radius 2 is 0.490 bits per heavy atom. The largest absolute Gasteiger partial charge is 0.0651 e. The van der Waals surface area contributed by atoms with E-state index in [-0.39, 0.29) is 0 Å². The van der Waals surface area contributed by atoms with Crippen LogP contribution in [0.4, 0.5) is 0 Å². The van der Waals surface area contributed by atoms with Crippen LogP contribution in [0, 0.1) is 82.9 Å². The van der Waals surface area contributed by atoms with Crippen LogP contribution in [-0.4, -0.2) is 0 Å². The minimum atomic E-state index is 0.859. The van der Waals surface area contributed by atoms with Gasteiger partial charge in [-0.2, -0.15) is 0 Å². The maximum absolute atomic E-state index is 2.45. The Labute approximate surface area is 329 Å². The number of hydrogen-bond acceptors (Lipinski definition) is 0. The van der Waals surface area contributed by atoms with Crippen molar-refractivity contribution in [2.24, 2.45) is 82.9 Å². The first-order valence-electron chi connectivity index (χ1n) is 23.7. The van der Waals surface area contributed by atoms with Crippen molar-refractivity contribution in [3.05, 3.63) is 0 Å². The van der Waals surface area contributed by atoms with Crippen LogP contribution in [0.15, 0.2) is 0 Å². The van der Waals surface area contributed by atoms with Gasteiger partial charge in [-0.05, 0) is 121 Å². The van der Waals surface area contributed by atoms with E-state index >= 15 is 0 Å². The molecule has 0 bridgehead atoms. The maximum Gasteiger partial charge on any atom is -0.0414 e. The van der Waals surface area contributed by atoms with E-state index in [2.05, 4.69) is 138 Å². The Morgan fingerprint density at radius 3 is 0.765 bits per heavy atom. The zero-order valence-corrected chi connectivity index (χ0v) is 40.1. The van der Waals surface area contributed by atoms with Crippen LogP contribution in [-0.2, 0) is 0 Å². The van der Waals surface area contributed by atoms with Crippen LogP contribution < -0.4 is 0 Å². The molecule has 0 aromatic carbocycles. The van der Waals surface area contributed by atoms with E-state index in [1.54, 1.807) is 0 Å². The molecule has 0 heteroatoms.